The number of hydrogen-bond acceptors (Lipinski definition) is 1. The van der Waals surface area contributed by atoms with E-state index in [1.54, 1.807) is 6.92 Å². The number of fused-ring (bicyclic) bond motifs is 1. The lowest BCUT2D eigenvalue weighted by Crippen LogP contribution is -1.81. The number of H-pyrrole nitrogens is 1. The Kier molecular flexibility index (Phi) is 3.23. The Balaban J connectivity index is 0.000000461. The molecule has 1 aromatic carbocycles. The minimum Gasteiger partial charge on any atom is -0.282 e. The van der Waals surface area contributed by atoms with Crippen molar-refractivity contribution in [1.29, 1.82) is 0 Å². The second-order valence-corrected chi connectivity index (χ2v) is 2.97. The topological polar surface area (TPSA) is 28.7 Å². The fourth-order valence-electron chi connectivity index (χ4n) is 1.27. The minimum absolute atomic E-state index is 0.200. The van der Waals surface area contributed by atoms with Crippen LogP contribution in [-0.4, -0.2) is 10.2 Å². The maximum absolute atomic E-state index is 13.0. The molecule has 76 valence electrons. The minimum atomic E-state index is -0.200. The number of aryl methyl sites for hydroxylation is 2. The van der Waals surface area contributed by atoms with Crippen LogP contribution in [0, 0.1) is 19.7 Å². The average molecular weight is 194 g/mol. The fraction of sp³-hybridized carbons (Fsp3) is 0.364. The summed E-state index contributed by atoms with van der Waals surface area (Å²) in [6.07, 6.45) is 0. The summed E-state index contributed by atoms with van der Waals surface area (Å²) in [5.41, 5.74) is 2.33. The van der Waals surface area contributed by atoms with Crippen LogP contribution in [0.2, 0.25) is 0 Å². The molecule has 0 spiro atoms. The van der Waals surface area contributed by atoms with Crippen molar-refractivity contribution in [1.82, 2.24) is 10.2 Å². The van der Waals surface area contributed by atoms with Crippen molar-refractivity contribution in [3.8, 4) is 0 Å². The molecule has 0 fully saturated rings. The Morgan fingerprint density at radius 3 is 2.50 bits per heavy atom. The molecule has 2 nitrogen and oxygen atoms in total. The molecule has 0 saturated heterocycles. The van der Waals surface area contributed by atoms with Gasteiger partial charge < -0.3 is 0 Å². The van der Waals surface area contributed by atoms with E-state index < -0.39 is 0 Å². The van der Waals surface area contributed by atoms with Crippen LogP contribution in [0.5, 0.6) is 0 Å². The lowest BCUT2D eigenvalue weighted by molar-refractivity contribution is 0.620. The molecule has 0 amide bonds. The van der Waals surface area contributed by atoms with Gasteiger partial charge >= 0.3 is 0 Å². The zero-order chi connectivity index (χ0) is 10.7. The van der Waals surface area contributed by atoms with Crippen LogP contribution >= 0.6 is 0 Å². The number of benzene rings is 1. The van der Waals surface area contributed by atoms with Crippen molar-refractivity contribution in [2.75, 3.05) is 0 Å². The number of aromatic amines is 1. The molecule has 0 aliphatic carbocycles. The lowest BCUT2D eigenvalue weighted by atomic mass is 10.1. The molecule has 0 aliphatic rings. The molecule has 0 saturated carbocycles. The number of aromatic nitrogens is 2. The van der Waals surface area contributed by atoms with Crippen molar-refractivity contribution < 1.29 is 4.39 Å². The van der Waals surface area contributed by atoms with Crippen LogP contribution < -0.4 is 0 Å². The van der Waals surface area contributed by atoms with Crippen molar-refractivity contribution in [3.63, 3.8) is 0 Å². The molecular formula is C11H15FN2. The highest BCUT2D eigenvalue weighted by Crippen LogP contribution is 2.18. The maximum Gasteiger partial charge on any atom is 0.128 e. The highest BCUT2D eigenvalue weighted by atomic mass is 19.1. The van der Waals surface area contributed by atoms with Gasteiger partial charge in [0.15, 0.2) is 0 Å². The lowest BCUT2D eigenvalue weighted by Gasteiger charge is -1.95. The SMILES string of the molecule is CC.Cc1cc2c(C)[nH]nc2cc1F. The molecular weight excluding hydrogens is 179 g/mol. The zero-order valence-electron chi connectivity index (χ0n) is 8.98. The van der Waals surface area contributed by atoms with Crippen LogP contribution in [0.25, 0.3) is 10.9 Å². The van der Waals surface area contributed by atoms with Gasteiger partial charge in [-0.15, -0.1) is 0 Å². The van der Waals surface area contributed by atoms with E-state index in [2.05, 4.69) is 10.2 Å². The molecule has 1 aromatic heterocycles. The third-order valence-electron chi connectivity index (χ3n) is 2.03. The van der Waals surface area contributed by atoms with Gasteiger partial charge in [-0.05, 0) is 25.5 Å². The molecule has 2 rings (SSSR count). The Morgan fingerprint density at radius 1 is 1.21 bits per heavy atom. The van der Waals surface area contributed by atoms with E-state index in [4.69, 9.17) is 0 Å². The van der Waals surface area contributed by atoms with Gasteiger partial charge in [-0.1, -0.05) is 13.8 Å². The molecule has 0 bridgehead atoms. The van der Waals surface area contributed by atoms with Gasteiger partial charge in [-0.25, -0.2) is 4.39 Å². The molecule has 1 heterocycles. The summed E-state index contributed by atoms with van der Waals surface area (Å²) in [7, 11) is 0. The second kappa shape index (κ2) is 4.22. The monoisotopic (exact) mass is 194 g/mol. The Hall–Kier alpha value is -1.38. The van der Waals surface area contributed by atoms with Gasteiger partial charge in [0.25, 0.3) is 0 Å². The first kappa shape index (κ1) is 10.7. The Labute approximate surface area is 83.1 Å². The quantitative estimate of drug-likeness (QED) is 0.684. The van der Waals surface area contributed by atoms with E-state index in [-0.39, 0.29) is 5.82 Å². The van der Waals surface area contributed by atoms with Gasteiger partial charge in [0, 0.05) is 17.1 Å². The molecule has 2 aromatic rings. The van der Waals surface area contributed by atoms with E-state index in [1.165, 1.54) is 6.07 Å². The summed E-state index contributed by atoms with van der Waals surface area (Å²) in [5, 5.41) is 7.76. The largest absolute Gasteiger partial charge is 0.282 e. The summed E-state index contributed by atoms with van der Waals surface area (Å²) in [6, 6.07) is 3.26. The van der Waals surface area contributed by atoms with E-state index in [1.807, 2.05) is 26.8 Å². The summed E-state index contributed by atoms with van der Waals surface area (Å²) in [4.78, 5) is 0. The van der Waals surface area contributed by atoms with Gasteiger partial charge in [0.1, 0.15) is 5.82 Å². The van der Waals surface area contributed by atoms with E-state index >= 15 is 0 Å². The number of hydrogen-bond donors (Lipinski definition) is 1. The van der Waals surface area contributed by atoms with Crippen molar-refractivity contribution >= 4 is 10.9 Å². The fourth-order valence-corrected chi connectivity index (χ4v) is 1.27. The number of rotatable bonds is 0. The number of nitrogens with zero attached hydrogens (tertiary/aromatic N) is 1. The number of nitrogens with one attached hydrogen (secondary N) is 1. The zero-order valence-corrected chi connectivity index (χ0v) is 8.98. The molecule has 1 N–H and O–H groups in total. The van der Waals surface area contributed by atoms with Gasteiger partial charge in [-0.2, -0.15) is 5.10 Å². The third kappa shape index (κ3) is 1.76. The normalized spacial score (nSPS) is 9.79. The van der Waals surface area contributed by atoms with Gasteiger partial charge in [-0.3, -0.25) is 5.10 Å². The molecule has 0 radical (unpaired) electrons. The van der Waals surface area contributed by atoms with Crippen LogP contribution in [-0.2, 0) is 0 Å². The summed E-state index contributed by atoms with van der Waals surface area (Å²) >= 11 is 0. The first-order valence-electron chi connectivity index (χ1n) is 4.79. The predicted octanol–water partition coefficient (Wildman–Crippen LogP) is 3.35. The smallest absolute Gasteiger partial charge is 0.128 e. The van der Waals surface area contributed by atoms with Gasteiger partial charge in [0.2, 0.25) is 0 Å². The van der Waals surface area contributed by atoms with Crippen molar-refractivity contribution in [2.24, 2.45) is 0 Å². The Bertz CT molecular complexity index is 432. The maximum atomic E-state index is 13.0. The second-order valence-electron chi connectivity index (χ2n) is 2.97. The molecule has 3 heteroatoms. The molecule has 0 aliphatic heterocycles. The van der Waals surface area contributed by atoms with E-state index in [9.17, 15) is 4.39 Å². The van der Waals surface area contributed by atoms with Crippen LogP contribution in [0.4, 0.5) is 4.39 Å². The number of halogens is 1. The third-order valence-corrected chi connectivity index (χ3v) is 2.03. The summed E-state index contributed by atoms with van der Waals surface area (Å²) in [5.74, 6) is -0.200. The highest BCUT2D eigenvalue weighted by molar-refractivity contribution is 5.81. The van der Waals surface area contributed by atoms with Crippen molar-refractivity contribution in [2.45, 2.75) is 27.7 Å². The van der Waals surface area contributed by atoms with Crippen molar-refractivity contribution in [3.05, 3.63) is 29.2 Å². The molecule has 0 unspecified atom stereocenters. The van der Waals surface area contributed by atoms with Crippen LogP contribution in [0.15, 0.2) is 12.1 Å². The van der Waals surface area contributed by atoms with E-state index in [0.717, 1.165) is 11.1 Å². The van der Waals surface area contributed by atoms with E-state index in [0.29, 0.717) is 11.1 Å². The summed E-state index contributed by atoms with van der Waals surface area (Å²) < 4.78 is 13.0. The first-order valence-corrected chi connectivity index (χ1v) is 4.79. The Morgan fingerprint density at radius 2 is 1.86 bits per heavy atom. The average Bonchev–Trinajstić information content (AvgIpc) is 2.53. The predicted molar refractivity (Wildman–Crippen MR) is 56.9 cm³/mol. The van der Waals surface area contributed by atoms with Gasteiger partial charge in [0.05, 0.1) is 5.52 Å². The van der Waals surface area contributed by atoms with Crippen LogP contribution in [0.3, 0.4) is 0 Å². The first-order chi connectivity index (χ1) is 6.68. The molecule has 0 atom stereocenters. The highest BCUT2D eigenvalue weighted by Gasteiger charge is 2.04. The summed E-state index contributed by atoms with van der Waals surface area (Å²) in [6.45, 7) is 7.67. The standard InChI is InChI=1S/C9H9FN2.C2H6/c1-5-3-7-6(2)11-12-9(7)4-8(5)10;1-2/h3-4H,1-2H3,(H,11,12);1-2H3. The molecule has 14 heavy (non-hydrogen) atoms. The van der Waals surface area contributed by atoms with Crippen LogP contribution in [0.1, 0.15) is 25.1 Å².